The van der Waals surface area contributed by atoms with E-state index in [1.165, 1.54) is 18.4 Å². The minimum atomic E-state index is 0.127. The monoisotopic (exact) mass is 248 g/mol. The van der Waals surface area contributed by atoms with Crippen LogP contribution in [0.2, 0.25) is 0 Å². The molecule has 2 N–H and O–H groups in total. The summed E-state index contributed by atoms with van der Waals surface area (Å²) < 4.78 is 0. The van der Waals surface area contributed by atoms with E-state index >= 15 is 0 Å². The molecular formula is C14H24N4. The Kier molecular flexibility index (Phi) is 3.73. The summed E-state index contributed by atoms with van der Waals surface area (Å²) in [5.41, 5.74) is 1.31. The normalized spacial score (nSPS) is 15.6. The molecule has 0 spiro atoms. The van der Waals surface area contributed by atoms with Crippen LogP contribution in [-0.2, 0) is 6.42 Å². The predicted octanol–water partition coefficient (Wildman–Crippen LogP) is 3.07. The number of hydrogen-bond acceptors (Lipinski definition) is 4. The minimum absolute atomic E-state index is 0.127. The van der Waals surface area contributed by atoms with Gasteiger partial charge in [0, 0.05) is 17.6 Å². The molecule has 1 heterocycles. The Bertz CT molecular complexity index is 410. The maximum absolute atomic E-state index is 4.43. The summed E-state index contributed by atoms with van der Waals surface area (Å²) in [5.74, 6) is 2.73. The lowest BCUT2D eigenvalue weighted by atomic mass is 9.98. The van der Waals surface area contributed by atoms with Crippen LogP contribution in [0.1, 0.15) is 46.1 Å². The van der Waals surface area contributed by atoms with E-state index in [9.17, 15) is 0 Å². The number of nitrogens with zero attached hydrogens (tertiary/aromatic N) is 2. The Morgan fingerprint density at radius 3 is 2.44 bits per heavy atom. The zero-order valence-electron chi connectivity index (χ0n) is 11.9. The fourth-order valence-electron chi connectivity index (χ4n) is 2.39. The van der Waals surface area contributed by atoms with Gasteiger partial charge < -0.3 is 10.6 Å². The van der Waals surface area contributed by atoms with Crippen molar-refractivity contribution in [3.05, 3.63) is 11.9 Å². The highest BCUT2D eigenvalue weighted by molar-refractivity contribution is 5.58. The molecule has 4 nitrogen and oxygen atoms in total. The van der Waals surface area contributed by atoms with Crippen LogP contribution in [0, 0.1) is 5.92 Å². The van der Waals surface area contributed by atoms with E-state index in [1.807, 2.05) is 0 Å². The lowest BCUT2D eigenvalue weighted by Gasteiger charge is -2.28. The van der Waals surface area contributed by atoms with Gasteiger partial charge in [-0.05, 0) is 46.0 Å². The maximum Gasteiger partial charge on any atom is 0.135 e. The molecule has 18 heavy (non-hydrogen) atoms. The Morgan fingerprint density at radius 2 is 1.89 bits per heavy atom. The zero-order valence-corrected chi connectivity index (χ0v) is 11.9. The summed E-state index contributed by atoms with van der Waals surface area (Å²) in [4.78, 5) is 8.75. The second-order valence-electron chi connectivity index (χ2n) is 5.55. The van der Waals surface area contributed by atoms with Crippen molar-refractivity contribution in [3.8, 4) is 0 Å². The average Bonchev–Trinajstić information content (AvgIpc) is 3.13. The summed E-state index contributed by atoms with van der Waals surface area (Å²) in [7, 11) is 0. The van der Waals surface area contributed by atoms with Crippen molar-refractivity contribution in [2.75, 3.05) is 17.2 Å². The van der Waals surface area contributed by atoms with E-state index in [1.54, 1.807) is 6.33 Å². The van der Waals surface area contributed by atoms with Gasteiger partial charge in [-0.3, -0.25) is 0 Å². The molecule has 0 atom stereocenters. The van der Waals surface area contributed by atoms with Crippen LogP contribution < -0.4 is 10.6 Å². The predicted molar refractivity (Wildman–Crippen MR) is 76.0 cm³/mol. The molecule has 1 aromatic heterocycles. The van der Waals surface area contributed by atoms with Crippen molar-refractivity contribution in [3.63, 3.8) is 0 Å². The number of anilines is 2. The Balaban J connectivity index is 2.23. The van der Waals surface area contributed by atoms with Gasteiger partial charge in [0.1, 0.15) is 18.0 Å². The maximum atomic E-state index is 4.43. The van der Waals surface area contributed by atoms with Gasteiger partial charge in [0.15, 0.2) is 0 Å². The van der Waals surface area contributed by atoms with E-state index in [0.717, 1.165) is 30.5 Å². The summed E-state index contributed by atoms with van der Waals surface area (Å²) in [6.45, 7) is 9.64. The Morgan fingerprint density at radius 1 is 1.22 bits per heavy atom. The van der Waals surface area contributed by atoms with Crippen molar-refractivity contribution in [2.45, 2.75) is 52.5 Å². The van der Waals surface area contributed by atoms with Crippen LogP contribution >= 0.6 is 0 Å². The van der Waals surface area contributed by atoms with Crippen LogP contribution in [-0.4, -0.2) is 22.1 Å². The van der Waals surface area contributed by atoms with Crippen molar-refractivity contribution in [2.24, 2.45) is 5.92 Å². The summed E-state index contributed by atoms with van der Waals surface area (Å²) >= 11 is 0. The number of aromatic nitrogens is 2. The molecule has 1 aliphatic rings. The first-order valence-electron chi connectivity index (χ1n) is 6.94. The van der Waals surface area contributed by atoms with Crippen LogP contribution in [0.25, 0.3) is 0 Å². The fraction of sp³-hybridized carbons (Fsp3) is 0.714. The third-order valence-electron chi connectivity index (χ3n) is 3.68. The molecule has 0 radical (unpaired) electrons. The van der Waals surface area contributed by atoms with Gasteiger partial charge in [-0.2, -0.15) is 0 Å². The lowest BCUT2D eigenvalue weighted by Crippen LogP contribution is -2.34. The highest BCUT2D eigenvalue weighted by Gasteiger charge is 2.38. The highest BCUT2D eigenvalue weighted by atomic mass is 15.1. The van der Waals surface area contributed by atoms with E-state index < -0.39 is 0 Å². The first-order valence-corrected chi connectivity index (χ1v) is 6.94. The standard InChI is InChI=1S/C14H24N4/c1-5-11-12(15-6-2)16-9-17-13(11)18-14(3,4)10-7-8-10/h9-10H,5-8H2,1-4H3,(H2,15,16,17,18). The molecule has 100 valence electrons. The molecule has 0 bridgehead atoms. The molecule has 0 aliphatic heterocycles. The third-order valence-corrected chi connectivity index (χ3v) is 3.68. The highest BCUT2D eigenvalue weighted by Crippen LogP contribution is 2.41. The average molecular weight is 248 g/mol. The first kappa shape index (κ1) is 13.1. The molecular weight excluding hydrogens is 224 g/mol. The van der Waals surface area contributed by atoms with E-state index in [2.05, 4.69) is 48.3 Å². The van der Waals surface area contributed by atoms with Crippen LogP contribution in [0.15, 0.2) is 6.33 Å². The van der Waals surface area contributed by atoms with Crippen molar-refractivity contribution < 1.29 is 0 Å². The molecule has 2 rings (SSSR count). The summed E-state index contributed by atoms with van der Waals surface area (Å²) in [6, 6.07) is 0. The molecule has 0 unspecified atom stereocenters. The first-order chi connectivity index (χ1) is 8.58. The molecule has 1 aliphatic carbocycles. The number of hydrogen-bond donors (Lipinski definition) is 2. The van der Waals surface area contributed by atoms with Crippen LogP contribution in [0.5, 0.6) is 0 Å². The minimum Gasteiger partial charge on any atom is -0.370 e. The Hall–Kier alpha value is -1.32. The molecule has 4 heteroatoms. The van der Waals surface area contributed by atoms with Gasteiger partial charge in [0.05, 0.1) is 0 Å². The van der Waals surface area contributed by atoms with Crippen LogP contribution in [0.3, 0.4) is 0 Å². The second-order valence-corrected chi connectivity index (χ2v) is 5.55. The zero-order chi connectivity index (χ0) is 13.2. The van der Waals surface area contributed by atoms with E-state index in [-0.39, 0.29) is 5.54 Å². The number of rotatable bonds is 6. The van der Waals surface area contributed by atoms with Gasteiger partial charge in [0.25, 0.3) is 0 Å². The lowest BCUT2D eigenvalue weighted by molar-refractivity contribution is 0.492. The third kappa shape index (κ3) is 2.74. The van der Waals surface area contributed by atoms with Gasteiger partial charge in [-0.25, -0.2) is 9.97 Å². The smallest absolute Gasteiger partial charge is 0.135 e. The molecule has 0 saturated heterocycles. The van der Waals surface area contributed by atoms with Crippen molar-refractivity contribution in [1.29, 1.82) is 0 Å². The second kappa shape index (κ2) is 5.12. The Labute approximate surface area is 110 Å². The molecule has 1 fully saturated rings. The van der Waals surface area contributed by atoms with Gasteiger partial charge in [0.2, 0.25) is 0 Å². The van der Waals surface area contributed by atoms with Crippen LogP contribution in [0.4, 0.5) is 11.6 Å². The van der Waals surface area contributed by atoms with Gasteiger partial charge >= 0.3 is 0 Å². The molecule has 0 aromatic carbocycles. The van der Waals surface area contributed by atoms with E-state index in [4.69, 9.17) is 0 Å². The molecule has 1 saturated carbocycles. The number of nitrogens with one attached hydrogen (secondary N) is 2. The fourth-order valence-corrected chi connectivity index (χ4v) is 2.39. The quantitative estimate of drug-likeness (QED) is 0.812. The van der Waals surface area contributed by atoms with Crippen molar-refractivity contribution >= 4 is 11.6 Å². The SMILES string of the molecule is CCNc1ncnc(NC(C)(C)C2CC2)c1CC. The van der Waals surface area contributed by atoms with Gasteiger partial charge in [-0.15, -0.1) is 0 Å². The summed E-state index contributed by atoms with van der Waals surface area (Å²) in [6.07, 6.45) is 5.23. The topological polar surface area (TPSA) is 49.8 Å². The van der Waals surface area contributed by atoms with Gasteiger partial charge in [-0.1, -0.05) is 6.92 Å². The molecule has 1 aromatic rings. The largest absolute Gasteiger partial charge is 0.370 e. The molecule has 0 amide bonds. The van der Waals surface area contributed by atoms with E-state index in [0.29, 0.717) is 0 Å². The summed E-state index contributed by atoms with van der Waals surface area (Å²) in [5, 5.41) is 6.91. The van der Waals surface area contributed by atoms with Crippen molar-refractivity contribution in [1.82, 2.24) is 9.97 Å².